The van der Waals surface area contributed by atoms with Crippen molar-refractivity contribution in [3.63, 3.8) is 0 Å². The SMILES string of the molecule is CN1Cc2cccc(CN(N)/C=C(\N)c3ccccc3)c2C1. The molecule has 0 spiro atoms. The van der Waals surface area contributed by atoms with Crippen LogP contribution in [0.25, 0.3) is 5.70 Å². The second-order valence-electron chi connectivity index (χ2n) is 5.85. The van der Waals surface area contributed by atoms with Gasteiger partial charge in [-0.2, -0.15) is 0 Å². The zero-order valence-corrected chi connectivity index (χ0v) is 12.9. The predicted octanol–water partition coefficient (Wildman–Crippen LogP) is 2.26. The lowest BCUT2D eigenvalue weighted by Crippen LogP contribution is -2.26. The van der Waals surface area contributed by atoms with Crippen LogP contribution in [-0.2, 0) is 19.6 Å². The highest BCUT2D eigenvalue weighted by molar-refractivity contribution is 5.61. The fourth-order valence-electron chi connectivity index (χ4n) is 2.93. The lowest BCUT2D eigenvalue weighted by Gasteiger charge is -2.17. The van der Waals surface area contributed by atoms with Crippen molar-refractivity contribution in [3.8, 4) is 0 Å². The van der Waals surface area contributed by atoms with Gasteiger partial charge in [-0.25, -0.2) is 5.84 Å². The van der Waals surface area contributed by atoms with E-state index in [-0.39, 0.29) is 0 Å². The van der Waals surface area contributed by atoms with Crippen molar-refractivity contribution in [1.29, 1.82) is 0 Å². The summed E-state index contributed by atoms with van der Waals surface area (Å²) in [5, 5.41) is 1.66. The summed E-state index contributed by atoms with van der Waals surface area (Å²) in [6, 6.07) is 16.3. The molecule has 4 N–H and O–H groups in total. The summed E-state index contributed by atoms with van der Waals surface area (Å²) < 4.78 is 0. The largest absolute Gasteiger partial charge is 0.397 e. The van der Waals surface area contributed by atoms with Crippen molar-refractivity contribution in [2.24, 2.45) is 11.6 Å². The van der Waals surface area contributed by atoms with Crippen molar-refractivity contribution < 1.29 is 0 Å². The quantitative estimate of drug-likeness (QED) is 0.671. The average molecular weight is 294 g/mol. The molecule has 1 aliphatic rings. The monoisotopic (exact) mass is 294 g/mol. The van der Waals surface area contributed by atoms with Gasteiger partial charge in [-0.1, -0.05) is 48.5 Å². The van der Waals surface area contributed by atoms with Crippen LogP contribution in [0.4, 0.5) is 0 Å². The van der Waals surface area contributed by atoms with Gasteiger partial charge in [0, 0.05) is 19.3 Å². The number of hydrogen-bond donors (Lipinski definition) is 2. The third-order valence-corrected chi connectivity index (χ3v) is 4.00. The second-order valence-corrected chi connectivity index (χ2v) is 5.85. The lowest BCUT2D eigenvalue weighted by atomic mass is 10.0. The lowest BCUT2D eigenvalue weighted by molar-refractivity contribution is 0.349. The molecule has 0 amide bonds. The van der Waals surface area contributed by atoms with Gasteiger partial charge in [0.15, 0.2) is 0 Å². The van der Waals surface area contributed by atoms with E-state index < -0.39 is 0 Å². The highest BCUT2D eigenvalue weighted by atomic mass is 15.4. The van der Waals surface area contributed by atoms with Gasteiger partial charge in [0.25, 0.3) is 0 Å². The number of hydrazine groups is 1. The zero-order chi connectivity index (χ0) is 15.5. The van der Waals surface area contributed by atoms with Crippen LogP contribution in [0.3, 0.4) is 0 Å². The Morgan fingerprint density at radius 2 is 1.91 bits per heavy atom. The molecule has 4 nitrogen and oxygen atoms in total. The highest BCUT2D eigenvalue weighted by Crippen LogP contribution is 2.25. The van der Waals surface area contributed by atoms with Crippen LogP contribution in [0.15, 0.2) is 54.7 Å². The van der Waals surface area contributed by atoms with E-state index in [0.29, 0.717) is 12.2 Å². The zero-order valence-electron chi connectivity index (χ0n) is 12.9. The maximum absolute atomic E-state index is 6.14. The molecule has 0 atom stereocenters. The third kappa shape index (κ3) is 3.13. The average Bonchev–Trinajstić information content (AvgIpc) is 2.89. The highest BCUT2D eigenvalue weighted by Gasteiger charge is 2.18. The topological polar surface area (TPSA) is 58.5 Å². The van der Waals surface area contributed by atoms with Crippen molar-refractivity contribution >= 4 is 5.70 Å². The Kier molecular flexibility index (Phi) is 4.13. The van der Waals surface area contributed by atoms with Crippen LogP contribution in [0, 0.1) is 0 Å². The Morgan fingerprint density at radius 3 is 2.68 bits per heavy atom. The summed E-state index contributed by atoms with van der Waals surface area (Å²) in [7, 11) is 2.14. The Balaban J connectivity index is 1.76. The summed E-state index contributed by atoms with van der Waals surface area (Å²) in [5.41, 5.74) is 11.8. The minimum atomic E-state index is 0.657. The number of nitrogens with two attached hydrogens (primary N) is 2. The van der Waals surface area contributed by atoms with Crippen LogP contribution in [-0.4, -0.2) is 17.0 Å². The molecule has 2 aromatic carbocycles. The third-order valence-electron chi connectivity index (χ3n) is 4.00. The molecule has 114 valence electrons. The number of rotatable bonds is 4. The standard InChI is InChI=1S/C18H22N4/c1-21-10-15-8-5-9-16(17(15)12-21)11-22(20)13-18(19)14-6-3-2-4-7-14/h2-9,13H,10-12,19-20H2,1H3/b18-13-. The van der Waals surface area contributed by atoms with Crippen molar-refractivity contribution in [1.82, 2.24) is 9.91 Å². The molecule has 4 heteroatoms. The molecule has 3 rings (SSSR count). The van der Waals surface area contributed by atoms with Gasteiger partial charge in [0.2, 0.25) is 0 Å². The van der Waals surface area contributed by atoms with Gasteiger partial charge in [0.1, 0.15) is 0 Å². The minimum Gasteiger partial charge on any atom is -0.397 e. The summed E-state index contributed by atoms with van der Waals surface area (Å²) in [6.07, 6.45) is 1.80. The Hall–Kier alpha value is -2.30. The molecule has 0 aliphatic carbocycles. The molecule has 0 radical (unpaired) electrons. The maximum Gasteiger partial charge on any atom is 0.0589 e. The van der Waals surface area contributed by atoms with E-state index in [4.69, 9.17) is 11.6 Å². The number of fused-ring (bicyclic) bond motifs is 1. The van der Waals surface area contributed by atoms with Crippen molar-refractivity contribution in [2.45, 2.75) is 19.6 Å². The number of nitrogens with zero attached hydrogens (tertiary/aromatic N) is 2. The van der Waals surface area contributed by atoms with E-state index >= 15 is 0 Å². The van der Waals surface area contributed by atoms with Crippen LogP contribution in [0.2, 0.25) is 0 Å². The van der Waals surface area contributed by atoms with Crippen LogP contribution < -0.4 is 11.6 Å². The normalized spacial score (nSPS) is 14.9. The van der Waals surface area contributed by atoms with Crippen LogP contribution in [0.1, 0.15) is 22.3 Å². The smallest absolute Gasteiger partial charge is 0.0589 e. The van der Waals surface area contributed by atoms with E-state index in [1.54, 1.807) is 11.2 Å². The van der Waals surface area contributed by atoms with Gasteiger partial charge >= 0.3 is 0 Å². The molecule has 0 fully saturated rings. The molecule has 0 bridgehead atoms. The molecule has 0 saturated heterocycles. The van der Waals surface area contributed by atoms with Gasteiger partial charge in [0.05, 0.1) is 12.2 Å². The number of benzene rings is 2. The predicted molar refractivity (Wildman–Crippen MR) is 89.9 cm³/mol. The van der Waals surface area contributed by atoms with Gasteiger partial charge in [-0.05, 0) is 29.3 Å². The van der Waals surface area contributed by atoms with Gasteiger partial charge in [-0.15, -0.1) is 0 Å². The Morgan fingerprint density at radius 1 is 1.14 bits per heavy atom. The first-order chi connectivity index (χ1) is 10.6. The molecular formula is C18H22N4. The molecule has 1 aliphatic heterocycles. The van der Waals surface area contributed by atoms with Crippen molar-refractivity contribution in [3.05, 3.63) is 77.0 Å². The molecule has 0 aromatic heterocycles. The fourth-order valence-corrected chi connectivity index (χ4v) is 2.93. The summed E-state index contributed by atoms with van der Waals surface area (Å²) in [6.45, 7) is 2.65. The summed E-state index contributed by atoms with van der Waals surface area (Å²) in [4.78, 5) is 2.31. The Bertz CT molecular complexity index is 679. The van der Waals surface area contributed by atoms with Crippen LogP contribution >= 0.6 is 0 Å². The first-order valence-corrected chi connectivity index (χ1v) is 7.46. The van der Waals surface area contributed by atoms with Gasteiger partial charge in [-0.3, -0.25) is 4.90 Å². The first-order valence-electron chi connectivity index (χ1n) is 7.46. The summed E-state index contributed by atoms with van der Waals surface area (Å²) in [5.74, 6) is 6.14. The first kappa shape index (κ1) is 14.6. The summed E-state index contributed by atoms with van der Waals surface area (Å²) >= 11 is 0. The minimum absolute atomic E-state index is 0.657. The van der Waals surface area contributed by atoms with E-state index in [9.17, 15) is 0 Å². The van der Waals surface area contributed by atoms with E-state index in [0.717, 1.165) is 18.7 Å². The Labute approximate surface area is 131 Å². The number of hydrogen-bond acceptors (Lipinski definition) is 4. The molecular weight excluding hydrogens is 272 g/mol. The maximum atomic E-state index is 6.14. The second kappa shape index (κ2) is 6.22. The van der Waals surface area contributed by atoms with Crippen LogP contribution in [0.5, 0.6) is 0 Å². The molecule has 0 unspecified atom stereocenters. The molecule has 22 heavy (non-hydrogen) atoms. The van der Waals surface area contributed by atoms with E-state index in [2.05, 4.69) is 30.1 Å². The van der Waals surface area contributed by atoms with Crippen molar-refractivity contribution in [2.75, 3.05) is 7.05 Å². The molecule has 1 heterocycles. The fraction of sp³-hybridized carbons (Fsp3) is 0.222. The van der Waals surface area contributed by atoms with Gasteiger partial charge < -0.3 is 10.7 Å². The molecule has 2 aromatic rings. The van der Waals surface area contributed by atoms with E-state index in [1.807, 2.05) is 30.3 Å². The van der Waals surface area contributed by atoms with E-state index in [1.165, 1.54) is 16.7 Å². The molecule has 0 saturated carbocycles.